The van der Waals surface area contributed by atoms with Gasteiger partial charge in [0, 0.05) is 43.0 Å². The lowest BCUT2D eigenvalue weighted by Crippen LogP contribution is -2.33. The quantitative estimate of drug-likeness (QED) is 0.107. The number of ether oxygens (including phenoxy) is 2. The SMILES string of the molecule is CCCC(CC)(Pc1ccccc1N1CCCCC1)c1cc(Cc2ccccc2)cc(Cc2ccccc2)c1OCOC. The lowest BCUT2D eigenvalue weighted by molar-refractivity contribution is 0.0492. The second-order valence-corrected chi connectivity index (χ2v) is 13.6. The first kappa shape index (κ1) is 31.3. The maximum atomic E-state index is 6.61. The van der Waals surface area contributed by atoms with Crippen molar-refractivity contribution in [3.8, 4) is 5.75 Å². The topological polar surface area (TPSA) is 21.7 Å². The van der Waals surface area contributed by atoms with Gasteiger partial charge in [0.2, 0.25) is 0 Å². The number of hydrogen-bond acceptors (Lipinski definition) is 3. The van der Waals surface area contributed by atoms with Crippen molar-refractivity contribution in [2.24, 2.45) is 0 Å². The second kappa shape index (κ2) is 15.6. The van der Waals surface area contributed by atoms with E-state index in [4.69, 9.17) is 9.47 Å². The molecule has 4 aromatic carbocycles. The standard InChI is InChI=1S/C39H48NO2P/c1-4-23-39(5-2,43-37-22-14-13-21-36(37)40-24-15-8-16-25-40)35-29-33(26-31-17-9-6-10-18-31)28-34(38(35)42-30-41-3)27-32-19-11-7-12-20-32/h6-7,9-14,17-22,28-29,43H,4-5,8,15-16,23-27,30H2,1-3H3. The molecule has 0 bridgehead atoms. The van der Waals surface area contributed by atoms with E-state index in [0.717, 1.165) is 50.9 Å². The fraction of sp³-hybridized carbons (Fsp3) is 0.385. The predicted molar refractivity (Wildman–Crippen MR) is 185 cm³/mol. The molecule has 43 heavy (non-hydrogen) atoms. The Balaban J connectivity index is 1.66. The molecule has 0 radical (unpaired) electrons. The highest BCUT2D eigenvalue weighted by Gasteiger charge is 2.35. The smallest absolute Gasteiger partial charge is 0.188 e. The molecule has 2 atom stereocenters. The Labute approximate surface area is 261 Å². The summed E-state index contributed by atoms with van der Waals surface area (Å²) in [6.07, 6.45) is 8.92. The summed E-state index contributed by atoms with van der Waals surface area (Å²) < 4.78 is 12.1. The van der Waals surface area contributed by atoms with Gasteiger partial charge in [0.15, 0.2) is 6.79 Å². The normalized spacial score (nSPS) is 15.1. The highest BCUT2D eigenvalue weighted by atomic mass is 31.1. The summed E-state index contributed by atoms with van der Waals surface area (Å²) in [5, 5.41) is 1.44. The minimum absolute atomic E-state index is 0.0398. The van der Waals surface area contributed by atoms with Crippen molar-refractivity contribution in [2.75, 3.05) is 31.9 Å². The largest absolute Gasteiger partial charge is 0.467 e. The molecule has 0 saturated carbocycles. The van der Waals surface area contributed by atoms with Crippen LogP contribution < -0.4 is 14.9 Å². The maximum absolute atomic E-state index is 6.61. The van der Waals surface area contributed by atoms with E-state index in [1.165, 1.54) is 58.1 Å². The molecule has 0 aromatic heterocycles. The Morgan fingerprint density at radius 2 is 1.40 bits per heavy atom. The Morgan fingerprint density at radius 3 is 2.05 bits per heavy atom. The molecule has 0 N–H and O–H groups in total. The average molecular weight is 594 g/mol. The third kappa shape index (κ3) is 7.88. The van der Waals surface area contributed by atoms with Crippen LogP contribution in [0.4, 0.5) is 5.69 Å². The summed E-state index contributed by atoms with van der Waals surface area (Å²) in [6, 6.07) is 35.7. The van der Waals surface area contributed by atoms with E-state index in [0.29, 0.717) is 8.58 Å². The van der Waals surface area contributed by atoms with Gasteiger partial charge in [-0.05, 0) is 72.1 Å². The van der Waals surface area contributed by atoms with Crippen LogP contribution in [0.2, 0.25) is 0 Å². The Bertz CT molecular complexity index is 1420. The van der Waals surface area contributed by atoms with E-state index in [2.05, 4.69) is 116 Å². The molecule has 5 rings (SSSR count). The zero-order valence-corrected chi connectivity index (χ0v) is 27.3. The van der Waals surface area contributed by atoms with Crippen LogP contribution in [0, 0.1) is 0 Å². The lowest BCUT2D eigenvalue weighted by Gasteiger charge is -2.38. The van der Waals surface area contributed by atoms with Gasteiger partial charge in [-0.15, -0.1) is 0 Å². The number of piperidine rings is 1. The van der Waals surface area contributed by atoms with Crippen molar-refractivity contribution >= 4 is 19.6 Å². The van der Waals surface area contributed by atoms with Gasteiger partial charge in [0.25, 0.3) is 0 Å². The van der Waals surface area contributed by atoms with Crippen LogP contribution >= 0.6 is 8.58 Å². The van der Waals surface area contributed by atoms with E-state index >= 15 is 0 Å². The molecule has 1 saturated heterocycles. The van der Waals surface area contributed by atoms with Gasteiger partial charge < -0.3 is 14.4 Å². The molecule has 1 fully saturated rings. The van der Waals surface area contributed by atoms with E-state index in [9.17, 15) is 0 Å². The van der Waals surface area contributed by atoms with Crippen LogP contribution in [0.1, 0.15) is 80.2 Å². The maximum Gasteiger partial charge on any atom is 0.188 e. The molecule has 1 aliphatic rings. The third-order valence-electron chi connectivity index (χ3n) is 8.81. The third-order valence-corrected chi connectivity index (χ3v) is 10.8. The number of methoxy groups -OCH3 is 1. The van der Waals surface area contributed by atoms with Crippen molar-refractivity contribution in [3.05, 3.63) is 125 Å². The number of nitrogens with zero attached hydrogens (tertiary/aromatic N) is 1. The molecule has 4 aromatic rings. The average Bonchev–Trinajstić information content (AvgIpc) is 3.05. The molecular formula is C39H48NO2P. The summed E-state index contributed by atoms with van der Waals surface area (Å²) in [6.45, 7) is 7.27. The van der Waals surface area contributed by atoms with Crippen LogP contribution in [0.5, 0.6) is 5.75 Å². The first-order valence-electron chi connectivity index (χ1n) is 16.1. The van der Waals surface area contributed by atoms with Gasteiger partial charge in [-0.2, -0.15) is 0 Å². The minimum Gasteiger partial charge on any atom is -0.467 e. The van der Waals surface area contributed by atoms with E-state index in [1.807, 2.05) is 0 Å². The summed E-state index contributed by atoms with van der Waals surface area (Å²) in [5.74, 6) is 1.01. The molecule has 0 spiro atoms. The number of anilines is 1. The van der Waals surface area contributed by atoms with Crippen LogP contribution in [-0.2, 0) is 22.7 Å². The summed E-state index contributed by atoms with van der Waals surface area (Å²) in [7, 11) is 2.36. The number of benzene rings is 4. The fourth-order valence-electron chi connectivity index (χ4n) is 6.67. The van der Waals surface area contributed by atoms with Crippen molar-refractivity contribution < 1.29 is 9.47 Å². The monoisotopic (exact) mass is 593 g/mol. The van der Waals surface area contributed by atoms with Gasteiger partial charge in [-0.3, -0.25) is 0 Å². The first-order valence-corrected chi connectivity index (χ1v) is 17.1. The molecule has 0 aliphatic carbocycles. The summed E-state index contributed by atoms with van der Waals surface area (Å²) in [5.41, 5.74) is 8.00. The Morgan fingerprint density at radius 1 is 0.744 bits per heavy atom. The molecule has 3 nitrogen and oxygen atoms in total. The van der Waals surface area contributed by atoms with Crippen molar-refractivity contribution in [1.29, 1.82) is 0 Å². The van der Waals surface area contributed by atoms with E-state index < -0.39 is 0 Å². The van der Waals surface area contributed by atoms with Gasteiger partial charge in [0.05, 0.1) is 0 Å². The predicted octanol–water partition coefficient (Wildman–Crippen LogP) is 9.25. The molecular weight excluding hydrogens is 545 g/mol. The summed E-state index contributed by atoms with van der Waals surface area (Å²) in [4.78, 5) is 2.63. The zero-order chi connectivity index (χ0) is 29.9. The highest BCUT2D eigenvalue weighted by molar-refractivity contribution is 7.49. The van der Waals surface area contributed by atoms with Crippen molar-refractivity contribution in [2.45, 2.75) is 70.4 Å². The van der Waals surface area contributed by atoms with E-state index in [-0.39, 0.29) is 11.9 Å². The van der Waals surface area contributed by atoms with Gasteiger partial charge in [-0.1, -0.05) is 120 Å². The molecule has 1 heterocycles. The number of rotatable bonds is 14. The number of para-hydroxylation sites is 1. The van der Waals surface area contributed by atoms with Crippen LogP contribution in [-0.4, -0.2) is 27.0 Å². The molecule has 0 amide bonds. The van der Waals surface area contributed by atoms with Crippen molar-refractivity contribution in [3.63, 3.8) is 0 Å². The van der Waals surface area contributed by atoms with Crippen molar-refractivity contribution in [1.82, 2.24) is 0 Å². The second-order valence-electron chi connectivity index (χ2n) is 11.9. The molecule has 226 valence electrons. The molecule has 1 aliphatic heterocycles. The highest BCUT2D eigenvalue weighted by Crippen LogP contribution is 2.53. The Kier molecular flexibility index (Phi) is 11.3. The van der Waals surface area contributed by atoms with Crippen LogP contribution in [0.15, 0.2) is 97.1 Å². The van der Waals surface area contributed by atoms with E-state index in [1.54, 1.807) is 7.11 Å². The lowest BCUT2D eigenvalue weighted by atomic mass is 9.85. The van der Waals surface area contributed by atoms with Crippen LogP contribution in [0.25, 0.3) is 0 Å². The molecule has 4 heteroatoms. The first-order chi connectivity index (χ1) is 21.2. The fourth-order valence-corrected chi connectivity index (χ4v) is 8.61. The van der Waals surface area contributed by atoms with Gasteiger partial charge >= 0.3 is 0 Å². The minimum atomic E-state index is -0.0398. The van der Waals surface area contributed by atoms with Gasteiger partial charge in [-0.25, -0.2) is 0 Å². The number of hydrogen-bond donors (Lipinski definition) is 0. The zero-order valence-electron chi connectivity index (χ0n) is 26.3. The summed E-state index contributed by atoms with van der Waals surface area (Å²) >= 11 is 0. The molecule has 2 unspecified atom stereocenters. The van der Waals surface area contributed by atoms with Gasteiger partial charge in [0.1, 0.15) is 5.75 Å². The Hall–Kier alpha value is -3.13. The van der Waals surface area contributed by atoms with Crippen LogP contribution in [0.3, 0.4) is 0 Å².